The molecule has 106 valence electrons. The molecule has 0 aliphatic rings. The summed E-state index contributed by atoms with van der Waals surface area (Å²) in [7, 11) is -3.41. The minimum atomic E-state index is -3.41. The van der Waals surface area contributed by atoms with E-state index in [-0.39, 0.29) is 4.90 Å². The van der Waals surface area contributed by atoms with Crippen molar-refractivity contribution in [3.8, 4) is 11.1 Å². The van der Waals surface area contributed by atoms with Gasteiger partial charge in [0.25, 0.3) is 0 Å². The van der Waals surface area contributed by atoms with Crippen molar-refractivity contribution in [3.05, 3.63) is 48.0 Å². The SMILES string of the molecule is CCNS(=O)(=O)c1ccc(-c2cccc(N)c2)c(C)c1. The summed E-state index contributed by atoms with van der Waals surface area (Å²) in [5.74, 6) is 0. The quantitative estimate of drug-likeness (QED) is 0.850. The largest absolute Gasteiger partial charge is 0.399 e. The first-order valence-electron chi connectivity index (χ1n) is 6.40. The average molecular weight is 290 g/mol. The fraction of sp³-hybridized carbons (Fsp3) is 0.200. The predicted octanol–water partition coefficient (Wildman–Crippen LogP) is 2.54. The number of anilines is 1. The molecule has 0 saturated heterocycles. The summed E-state index contributed by atoms with van der Waals surface area (Å²) in [5.41, 5.74) is 9.32. The maximum atomic E-state index is 12.0. The van der Waals surface area contributed by atoms with E-state index in [0.29, 0.717) is 12.2 Å². The zero-order valence-corrected chi connectivity index (χ0v) is 12.4. The maximum Gasteiger partial charge on any atom is 0.240 e. The van der Waals surface area contributed by atoms with Gasteiger partial charge in [-0.05, 0) is 47.9 Å². The van der Waals surface area contributed by atoms with Crippen LogP contribution in [-0.4, -0.2) is 15.0 Å². The molecular formula is C15H18N2O2S. The Labute approximate surface area is 119 Å². The highest BCUT2D eigenvalue weighted by Crippen LogP contribution is 2.26. The lowest BCUT2D eigenvalue weighted by atomic mass is 10.0. The molecule has 0 bridgehead atoms. The van der Waals surface area contributed by atoms with Crippen molar-refractivity contribution in [2.75, 3.05) is 12.3 Å². The Hall–Kier alpha value is -1.85. The van der Waals surface area contributed by atoms with Gasteiger partial charge in [0.1, 0.15) is 0 Å². The molecule has 3 N–H and O–H groups in total. The fourth-order valence-corrected chi connectivity index (χ4v) is 3.23. The lowest BCUT2D eigenvalue weighted by Gasteiger charge is -2.10. The van der Waals surface area contributed by atoms with Crippen LogP contribution in [0.25, 0.3) is 11.1 Å². The molecule has 4 nitrogen and oxygen atoms in total. The van der Waals surface area contributed by atoms with E-state index in [9.17, 15) is 8.42 Å². The van der Waals surface area contributed by atoms with Gasteiger partial charge in [0, 0.05) is 12.2 Å². The van der Waals surface area contributed by atoms with Crippen LogP contribution in [0.4, 0.5) is 5.69 Å². The number of hydrogen-bond acceptors (Lipinski definition) is 3. The second-order valence-corrected chi connectivity index (χ2v) is 6.37. The Bertz CT molecular complexity index is 724. The first-order chi connectivity index (χ1) is 9.44. The number of hydrogen-bond donors (Lipinski definition) is 2. The molecule has 0 aliphatic carbocycles. The Morgan fingerprint density at radius 2 is 1.90 bits per heavy atom. The van der Waals surface area contributed by atoms with E-state index >= 15 is 0 Å². The van der Waals surface area contributed by atoms with Crippen LogP contribution in [-0.2, 0) is 10.0 Å². The van der Waals surface area contributed by atoms with E-state index in [1.165, 1.54) is 0 Å². The number of nitrogen functional groups attached to an aromatic ring is 1. The monoisotopic (exact) mass is 290 g/mol. The third-order valence-electron chi connectivity index (χ3n) is 3.04. The minimum Gasteiger partial charge on any atom is -0.399 e. The molecule has 0 atom stereocenters. The van der Waals surface area contributed by atoms with Crippen molar-refractivity contribution >= 4 is 15.7 Å². The first kappa shape index (κ1) is 14.6. The van der Waals surface area contributed by atoms with Crippen molar-refractivity contribution in [1.29, 1.82) is 0 Å². The van der Waals surface area contributed by atoms with Crippen molar-refractivity contribution in [1.82, 2.24) is 4.72 Å². The molecule has 0 unspecified atom stereocenters. The summed E-state index contributed by atoms with van der Waals surface area (Å²) in [5, 5.41) is 0. The van der Waals surface area contributed by atoms with Gasteiger partial charge in [-0.15, -0.1) is 0 Å². The molecule has 0 aliphatic heterocycles. The number of sulfonamides is 1. The summed E-state index contributed by atoms with van der Waals surface area (Å²) < 4.78 is 26.4. The van der Waals surface area contributed by atoms with Crippen molar-refractivity contribution in [2.45, 2.75) is 18.7 Å². The van der Waals surface area contributed by atoms with Crippen LogP contribution >= 0.6 is 0 Å². The van der Waals surface area contributed by atoms with Gasteiger partial charge in [-0.1, -0.05) is 25.1 Å². The zero-order chi connectivity index (χ0) is 14.8. The molecular weight excluding hydrogens is 272 g/mol. The fourth-order valence-electron chi connectivity index (χ4n) is 2.11. The molecule has 0 saturated carbocycles. The minimum absolute atomic E-state index is 0.282. The molecule has 0 radical (unpaired) electrons. The summed E-state index contributed by atoms with van der Waals surface area (Å²) >= 11 is 0. The van der Waals surface area contributed by atoms with Gasteiger partial charge in [0.05, 0.1) is 4.90 Å². The third-order valence-corrected chi connectivity index (χ3v) is 4.58. The predicted molar refractivity (Wildman–Crippen MR) is 81.9 cm³/mol. The van der Waals surface area contributed by atoms with Gasteiger partial charge in [0.2, 0.25) is 10.0 Å². The molecule has 0 amide bonds. The molecule has 0 spiro atoms. The molecule has 2 aromatic carbocycles. The average Bonchev–Trinajstić information content (AvgIpc) is 2.38. The van der Waals surface area contributed by atoms with Gasteiger partial charge in [0.15, 0.2) is 0 Å². The van der Waals surface area contributed by atoms with E-state index in [1.54, 1.807) is 19.1 Å². The highest BCUT2D eigenvalue weighted by atomic mass is 32.2. The molecule has 0 heterocycles. The summed E-state index contributed by atoms with van der Waals surface area (Å²) in [6, 6.07) is 12.6. The lowest BCUT2D eigenvalue weighted by Crippen LogP contribution is -2.23. The summed E-state index contributed by atoms with van der Waals surface area (Å²) in [6.07, 6.45) is 0. The molecule has 0 fully saturated rings. The van der Waals surface area contributed by atoms with Crippen molar-refractivity contribution < 1.29 is 8.42 Å². The molecule has 0 aromatic heterocycles. The van der Waals surface area contributed by atoms with Gasteiger partial charge < -0.3 is 5.73 Å². The molecule has 2 aromatic rings. The zero-order valence-electron chi connectivity index (χ0n) is 11.6. The molecule has 5 heteroatoms. The van der Waals surface area contributed by atoms with Crippen molar-refractivity contribution in [3.63, 3.8) is 0 Å². The van der Waals surface area contributed by atoms with E-state index in [2.05, 4.69) is 4.72 Å². The standard InChI is InChI=1S/C15H18N2O2S/c1-3-17-20(18,19)14-7-8-15(11(2)9-14)12-5-4-6-13(16)10-12/h4-10,17H,3,16H2,1-2H3. The van der Waals surface area contributed by atoms with E-state index in [4.69, 9.17) is 5.73 Å². The lowest BCUT2D eigenvalue weighted by molar-refractivity contribution is 0.584. The third kappa shape index (κ3) is 3.00. The highest BCUT2D eigenvalue weighted by Gasteiger charge is 2.14. The smallest absolute Gasteiger partial charge is 0.240 e. The van der Waals surface area contributed by atoms with Crippen molar-refractivity contribution in [2.24, 2.45) is 0 Å². The first-order valence-corrected chi connectivity index (χ1v) is 7.88. The van der Waals surface area contributed by atoms with Crippen LogP contribution in [0.15, 0.2) is 47.4 Å². The Kier molecular flexibility index (Phi) is 4.11. The van der Waals surface area contributed by atoms with Crippen LogP contribution in [0.5, 0.6) is 0 Å². The normalized spacial score (nSPS) is 11.5. The second kappa shape index (κ2) is 5.64. The number of benzene rings is 2. The van der Waals surface area contributed by atoms with E-state index in [0.717, 1.165) is 16.7 Å². The molecule has 20 heavy (non-hydrogen) atoms. The van der Waals surface area contributed by atoms with Gasteiger partial charge >= 0.3 is 0 Å². The van der Waals surface area contributed by atoms with Crippen LogP contribution in [0.3, 0.4) is 0 Å². The van der Waals surface area contributed by atoms with Gasteiger partial charge in [-0.2, -0.15) is 0 Å². The Morgan fingerprint density at radius 3 is 2.50 bits per heavy atom. The van der Waals surface area contributed by atoms with Crippen LogP contribution in [0.1, 0.15) is 12.5 Å². The maximum absolute atomic E-state index is 12.0. The Morgan fingerprint density at radius 1 is 1.15 bits per heavy atom. The highest BCUT2D eigenvalue weighted by molar-refractivity contribution is 7.89. The van der Waals surface area contributed by atoms with Crippen LogP contribution in [0, 0.1) is 6.92 Å². The van der Waals surface area contributed by atoms with Crippen LogP contribution < -0.4 is 10.5 Å². The van der Waals surface area contributed by atoms with Crippen LogP contribution in [0.2, 0.25) is 0 Å². The van der Waals surface area contributed by atoms with Gasteiger partial charge in [-0.3, -0.25) is 0 Å². The number of aryl methyl sites for hydroxylation is 1. The number of nitrogens with one attached hydrogen (secondary N) is 1. The summed E-state index contributed by atoms with van der Waals surface area (Å²) in [4.78, 5) is 0.282. The van der Waals surface area contributed by atoms with Gasteiger partial charge in [-0.25, -0.2) is 13.1 Å². The Balaban J connectivity index is 2.46. The topological polar surface area (TPSA) is 72.2 Å². The molecule has 2 rings (SSSR count). The second-order valence-electron chi connectivity index (χ2n) is 4.60. The number of nitrogens with two attached hydrogens (primary N) is 1. The summed E-state index contributed by atoms with van der Waals surface area (Å²) in [6.45, 7) is 4.02. The van der Waals surface area contributed by atoms with E-state index < -0.39 is 10.0 Å². The van der Waals surface area contributed by atoms with E-state index in [1.807, 2.05) is 37.3 Å². The number of rotatable bonds is 4.